The van der Waals surface area contributed by atoms with Crippen LogP contribution in [0, 0.1) is 11.7 Å². The lowest BCUT2D eigenvalue weighted by atomic mass is 9.91. The number of nitrogens with zero attached hydrogens (tertiary/aromatic N) is 4. The molecule has 1 aliphatic carbocycles. The molecule has 0 aromatic carbocycles. The molecule has 5 heterocycles. The lowest BCUT2D eigenvalue weighted by molar-refractivity contribution is -0.0553. The summed E-state index contributed by atoms with van der Waals surface area (Å²) in [6, 6.07) is 3.49. The lowest BCUT2D eigenvalue weighted by Crippen LogP contribution is -2.55. The van der Waals surface area contributed by atoms with Crippen LogP contribution in [0.4, 0.5) is 9.18 Å². The summed E-state index contributed by atoms with van der Waals surface area (Å²) in [6.07, 6.45) is 12.7. The van der Waals surface area contributed by atoms with E-state index in [2.05, 4.69) is 20.9 Å². The Labute approximate surface area is 219 Å². The van der Waals surface area contributed by atoms with Gasteiger partial charge < -0.3 is 18.9 Å². The first-order valence-electron chi connectivity index (χ1n) is 12.9. The Morgan fingerprint density at radius 3 is 3.00 bits per heavy atom. The number of hydrogen-bond donors (Lipinski definition) is 0. The highest BCUT2D eigenvalue weighted by molar-refractivity contribution is 5.78. The average molecular weight is 521 g/mol. The van der Waals surface area contributed by atoms with Crippen molar-refractivity contribution in [3.05, 3.63) is 77.7 Å². The molecule has 6 rings (SSSR count). The third kappa shape index (κ3) is 4.83. The number of methoxy groups -OCH3 is 1. The van der Waals surface area contributed by atoms with Gasteiger partial charge in [-0.25, -0.2) is 19.1 Å². The predicted molar refractivity (Wildman–Crippen MR) is 136 cm³/mol. The summed E-state index contributed by atoms with van der Waals surface area (Å²) in [7, 11) is 1.53. The Kier molecular flexibility index (Phi) is 6.71. The van der Waals surface area contributed by atoms with Crippen LogP contribution in [-0.2, 0) is 20.6 Å². The third-order valence-corrected chi connectivity index (χ3v) is 7.45. The Balaban J connectivity index is 1.08. The van der Waals surface area contributed by atoms with Crippen molar-refractivity contribution in [2.75, 3.05) is 33.3 Å². The average Bonchev–Trinajstić information content (AvgIpc) is 2.96. The molecule has 2 saturated heterocycles. The summed E-state index contributed by atoms with van der Waals surface area (Å²) in [6.45, 7) is 2.51. The quantitative estimate of drug-likeness (QED) is 0.553. The van der Waals surface area contributed by atoms with Crippen molar-refractivity contribution < 1.29 is 28.1 Å². The Morgan fingerprint density at radius 2 is 2.16 bits per heavy atom. The maximum Gasteiger partial charge on any atom is 0.417 e. The first-order valence-corrected chi connectivity index (χ1v) is 12.9. The summed E-state index contributed by atoms with van der Waals surface area (Å²) in [4.78, 5) is 25.3. The molecule has 0 bridgehead atoms. The normalized spacial score (nSPS) is 23.5. The number of piperidine rings is 1. The number of carbonyl (C=O) groups is 1. The van der Waals surface area contributed by atoms with Crippen LogP contribution in [0.1, 0.15) is 24.8 Å². The van der Waals surface area contributed by atoms with E-state index in [1.165, 1.54) is 24.5 Å². The maximum atomic E-state index is 14.7. The molecule has 0 radical (unpaired) electrons. The minimum atomic E-state index is -0.454. The fourth-order valence-electron chi connectivity index (χ4n) is 5.34. The van der Waals surface area contributed by atoms with Gasteiger partial charge in [-0.3, -0.25) is 9.88 Å². The third-order valence-electron chi connectivity index (χ3n) is 7.45. The molecule has 0 N–H and O–H groups in total. The highest BCUT2D eigenvalue weighted by Crippen LogP contribution is 2.33. The molecule has 198 valence electrons. The number of amides is 1. The maximum absolute atomic E-state index is 14.7. The van der Waals surface area contributed by atoms with E-state index in [4.69, 9.17) is 18.9 Å². The number of hydrogen-bond acceptors (Lipinski definition) is 8. The van der Waals surface area contributed by atoms with Crippen molar-refractivity contribution in [1.29, 1.82) is 0 Å². The molecule has 2 aromatic rings. The van der Waals surface area contributed by atoms with Gasteiger partial charge >= 0.3 is 6.09 Å². The second-order valence-electron chi connectivity index (χ2n) is 9.77. The summed E-state index contributed by atoms with van der Waals surface area (Å²) < 4.78 is 37.3. The molecule has 38 heavy (non-hydrogen) atoms. The van der Waals surface area contributed by atoms with Crippen molar-refractivity contribution >= 4 is 17.1 Å². The zero-order valence-electron chi connectivity index (χ0n) is 21.1. The molecule has 2 fully saturated rings. The fraction of sp³-hybridized carbons (Fsp3) is 0.393. The summed E-state index contributed by atoms with van der Waals surface area (Å²) in [5.74, 6) is 1.14. The highest BCUT2D eigenvalue weighted by Gasteiger charge is 2.41. The lowest BCUT2D eigenvalue weighted by Gasteiger charge is -2.44. The molecule has 3 aliphatic heterocycles. The number of rotatable bonds is 6. The topological polar surface area (TPSA) is 86.2 Å². The van der Waals surface area contributed by atoms with Gasteiger partial charge in [0.25, 0.3) is 0 Å². The molecular formula is C28H29FN4O5. The molecule has 2 atom stereocenters. The largest absolute Gasteiger partial charge is 0.481 e. The van der Waals surface area contributed by atoms with Crippen molar-refractivity contribution in [2.45, 2.75) is 31.8 Å². The van der Waals surface area contributed by atoms with Gasteiger partial charge in [-0.2, -0.15) is 0 Å². The molecular weight excluding hydrogens is 491 g/mol. The number of carbonyl (C=O) groups excluding carboxylic acids is 1. The molecule has 0 spiro atoms. The van der Waals surface area contributed by atoms with Crippen LogP contribution in [0.5, 0.6) is 5.88 Å². The van der Waals surface area contributed by atoms with Crippen LogP contribution < -0.4 is 4.74 Å². The van der Waals surface area contributed by atoms with E-state index in [-0.39, 0.29) is 17.8 Å². The number of ether oxygens (including phenoxy) is 4. The fourth-order valence-corrected chi connectivity index (χ4v) is 5.34. The molecule has 2 aromatic heterocycles. The molecule has 0 unspecified atom stereocenters. The van der Waals surface area contributed by atoms with Crippen molar-refractivity contribution in [2.24, 2.45) is 5.92 Å². The number of fused-ring (bicyclic) bond motifs is 2. The van der Waals surface area contributed by atoms with E-state index in [9.17, 15) is 9.18 Å². The van der Waals surface area contributed by atoms with E-state index in [0.717, 1.165) is 31.4 Å². The minimum absolute atomic E-state index is 0.157. The number of halogens is 1. The number of aromatic nitrogens is 2. The highest BCUT2D eigenvalue weighted by atomic mass is 19.1. The SMILES string of the molecule is COc1ccc2ncc(F)c(CCN3CC[C@H]4CN(C5=COC=C(C6=CC=CCC6)O5)C(=O)O[C@@H]4C3)c2n1. The Morgan fingerprint density at radius 1 is 1.24 bits per heavy atom. The van der Waals surface area contributed by atoms with Crippen LogP contribution in [0.25, 0.3) is 11.0 Å². The molecule has 10 heteroatoms. The van der Waals surface area contributed by atoms with E-state index < -0.39 is 6.09 Å². The Hall–Kier alpha value is -3.92. The predicted octanol–water partition coefficient (Wildman–Crippen LogP) is 4.43. The molecule has 1 amide bonds. The monoisotopic (exact) mass is 520 g/mol. The van der Waals surface area contributed by atoms with E-state index in [1.54, 1.807) is 18.4 Å². The van der Waals surface area contributed by atoms with Gasteiger partial charge in [0.2, 0.25) is 11.8 Å². The van der Waals surface area contributed by atoms with Gasteiger partial charge in [-0.05, 0) is 43.9 Å². The standard InChI is InChI=1S/C28H29FN4O5/c1-35-25-8-7-22-27(31-25)20(21(29)13-30-22)10-12-32-11-9-19-14-33(28(34)38-23(19)15-32)26-17-36-16-24(37-26)18-5-3-2-4-6-18/h2-3,5,7-8,13,16-17,19,23H,4,6,9-12,14-15H2,1H3/t19-,23+/m0/s1. The van der Waals surface area contributed by atoms with E-state index in [1.807, 2.05) is 12.2 Å². The number of allylic oxidation sites excluding steroid dienone is 4. The van der Waals surface area contributed by atoms with Gasteiger partial charge in [-0.15, -0.1) is 0 Å². The van der Waals surface area contributed by atoms with Crippen molar-refractivity contribution in [3.8, 4) is 5.88 Å². The van der Waals surface area contributed by atoms with E-state index in [0.29, 0.717) is 60.2 Å². The van der Waals surface area contributed by atoms with E-state index >= 15 is 0 Å². The zero-order chi connectivity index (χ0) is 26.1. The van der Waals surface area contributed by atoms with Crippen LogP contribution >= 0.6 is 0 Å². The summed E-state index contributed by atoms with van der Waals surface area (Å²) in [5, 5.41) is 0. The van der Waals surface area contributed by atoms with Crippen LogP contribution in [0.3, 0.4) is 0 Å². The molecule has 0 saturated carbocycles. The summed E-state index contributed by atoms with van der Waals surface area (Å²) in [5.41, 5.74) is 2.67. The van der Waals surface area contributed by atoms with Gasteiger partial charge in [0.15, 0.2) is 12.0 Å². The van der Waals surface area contributed by atoms with Gasteiger partial charge in [0.05, 0.1) is 24.3 Å². The second kappa shape index (κ2) is 10.4. The van der Waals surface area contributed by atoms with Crippen LogP contribution in [0.15, 0.2) is 66.3 Å². The smallest absolute Gasteiger partial charge is 0.417 e. The minimum Gasteiger partial charge on any atom is -0.481 e. The molecule has 4 aliphatic rings. The van der Waals surface area contributed by atoms with Gasteiger partial charge in [-0.1, -0.05) is 18.2 Å². The summed E-state index contributed by atoms with van der Waals surface area (Å²) >= 11 is 0. The second-order valence-corrected chi connectivity index (χ2v) is 9.77. The van der Waals surface area contributed by atoms with Crippen molar-refractivity contribution in [1.82, 2.24) is 19.8 Å². The number of pyridine rings is 2. The zero-order valence-corrected chi connectivity index (χ0v) is 21.1. The van der Waals surface area contributed by atoms with Crippen LogP contribution in [0.2, 0.25) is 0 Å². The van der Waals surface area contributed by atoms with Gasteiger partial charge in [0, 0.05) is 37.2 Å². The van der Waals surface area contributed by atoms with Gasteiger partial charge in [0.1, 0.15) is 18.2 Å². The molecule has 9 nitrogen and oxygen atoms in total. The number of likely N-dealkylation sites (tertiary alicyclic amines) is 1. The first kappa shape index (κ1) is 24.4. The Bertz CT molecular complexity index is 1370. The van der Waals surface area contributed by atoms with Crippen LogP contribution in [-0.4, -0.2) is 65.3 Å². The first-order chi connectivity index (χ1) is 18.6. The van der Waals surface area contributed by atoms with Crippen molar-refractivity contribution in [3.63, 3.8) is 0 Å².